The summed E-state index contributed by atoms with van der Waals surface area (Å²) in [6.07, 6.45) is 2.67. The Morgan fingerprint density at radius 1 is 1.16 bits per heavy atom. The Morgan fingerprint density at radius 3 is 2.69 bits per heavy atom. The number of ether oxygens (including phenoxy) is 1. The van der Waals surface area contributed by atoms with E-state index in [2.05, 4.69) is 26.0 Å². The molecule has 3 atom stereocenters. The van der Waals surface area contributed by atoms with E-state index in [1.165, 1.54) is 4.90 Å². The molecule has 0 bridgehead atoms. The van der Waals surface area contributed by atoms with Crippen molar-refractivity contribution in [3.05, 3.63) is 58.0 Å². The Hall–Kier alpha value is -1.97. The summed E-state index contributed by atoms with van der Waals surface area (Å²) in [5.74, 6) is 0. The van der Waals surface area contributed by atoms with Crippen LogP contribution in [0.2, 0.25) is 0 Å². The molecule has 0 saturated carbocycles. The lowest BCUT2D eigenvalue weighted by atomic mass is 9.85. The molecule has 2 aliphatic rings. The van der Waals surface area contributed by atoms with Crippen molar-refractivity contribution < 1.29 is 17.9 Å². The van der Waals surface area contributed by atoms with Crippen molar-refractivity contribution in [2.75, 3.05) is 13.2 Å². The zero-order chi connectivity index (χ0) is 22.5. The highest BCUT2D eigenvalue weighted by Crippen LogP contribution is 2.42. The van der Waals surface area contributed by atoms with Crippen LogP contribution in [0.5, 0.6) is 0 Å². The molecule has 3 aromatic rings. The summed E-state index contributed by atoms with van der Waals surface area (Å²) in [5, 5.41) is 5.60. The second kappa shape index (κ2) is 8.43. The van der Waals surface area contributed by atoms with Gasteiger partial charge in [-0.05, 0) is 77.9 Å². The number of hydrogen-bond donors (Lipinski definition) is 0. The Balaban J connectivity index is 1.63. The first-order valence-electron chi connectivity index (χ1n) is 10.9. The Kier molecular flexibility index (Phi) is 5.75. The smallest absolute Gasteiger partial charge is 0.356 e. The minimum Gasteiger partial charge on any atom is -0.356 e. The van der Waals surface area contributed by atoms with E-state index in [-0.39, 0.29) is 12.3 Å². The molecule has 5 rings (SSSR count). The molecular weight excluding hydrogens is 485 g/mol. The molecule has 1 saturated heterocycles. The van der Waals surface area contributed by atoms with Gasteiger partial charge < -0.3 is 4.74 Å². The van der Waals surface area contributed by atoms with Crippen LogP contribution in [0.15, 0.2) is 41.1 Å². The summed E-state index contributed by atoms with van der Waals surface area (Å²) < 4.78 is 49.2. The average Bonchev–Trinajstić information content (AvgIpc) is 3.20. The third-order valence-corrected chi connectivity index (χ3v) is 6.91. The number of rotatable bonds is 3. The number of benzene rings is 1. The molecule has 0 spiro atoms. The van der Waals surface area contributed by atoms with Gasteiger partial charge in [0.15, 0.2) is 6.23 Å². The van der Waals surface area contributed by atoms with E-state index in [1.54, 1.807) is 12.3 Å². The van der Waals surface area contributed by atoms with Crippen LogP contribution in [0.25, 0.3) is 10.9 Å². The van der Waals surface area contributed by atoms with Gasteiger partial charge in [-0.2, -0.15) is 18.3 Å². The van der Waals surface area contributed by atoms with E-state index < -0.39 is 18.8 Å². The zero-order valence-electron chi connectivity index (χ0n) is 17.6. The van der Waals surface area contributed by atoms with Gasteiger partial charge in [0.1, 0.15) is 0 Å². The normalized spacial score (nSPS) is 24.6. The highest BCUT2D eigenvalue weighted by atomic mass is 79.9. The van der Waals surface area contributed by atoms with Crippen molar-refractivity contribution in [1.29, 1.82) is 0 Å². The minimum atomic E-state index is -4.30. The van der Waals surface area contributed by atoms with Crippen LogP contribution in [0.4, 0.5) is 13.2 Å². The quantitative estimate of drug-likeness (QED) is 0.449. The molecule has 0 N–H and O–H groups in total. The fourth-order valence-electron chi connectivity index (χ4n) is 5.00. The van der Waals surface area contributed by atoms with Crippen LogP contribution in [0.3, 0.4) is 0 Å². The van der Waals surface area contributed by atoms with Crippen LogP contribution in [-0.4, -0.2) is 45.0 Å². The molecule has 2 aromatic heterocycles. The third kappa shape index (κ3) is 4.06. The van der Waals surface area contributed by atoms with Crippen molar-refractivity contribution in [2.45, 2.75) is 57.1 Å². The summed E-state index contributed by atoms with van der Waals surface area (Å²) in [4.78, 5) is 5.99. The fraction of sp³-hybridized carbons (Fsp3) is 0.478. The molecule has 0 aliphatic carbocycles. The maximum atomic E-state index is 13.5. The first-order valence-corrected chi connectivity index (χ1v) is 11.7. The van der Waals surface area contributed by atoms with Crippen LogP contribution in [0, 0.1) is 0 Å². The first kappa shape index (κ1) is 21.9. The summed E-state index contributed by atoms with van der Waals surface area (Å²) in [6, 6.07) is 6.64. The topological polar surface area (TPSA) is 43.2 Å². The molecule has 4 heterocycles. The standard InChI is InChI=1S/C23H24BrF3N4O/c1-14-10-17-16(6-8-20-18(17)12-29-31(20)21-4-2-3-9-32-21)22(30(14)13-23(25,26)27)19-7-5-15(24)11-28-19/h5-8,11-12,14,21-22H,2-4,9-10,13H2,1H3/t14-,21?,22+/m1/s1. The SMILES string of the molecule is C[C@@H]1Cc2c(ccc3c2cnn3C2CCCCO2)[C@@H](c2ccc(Br)cn2)N1CC(F)(F)F. The first-order chi connectivity index (χ1) is 15.3. The van der Waals surface area contributed by atoms with Gasteiger partial charge in [0.2, 0.25) is 0 Å². The Bertz CT molecular complexity index is 1110. The average molecular weight is 509 g/mol. The number of fused-ring (bicyclic) bond motifs is 3. The minimum absolute atomic E-state index is 0.0917. The summed E-state index contributed by atoms with van der Waals surface area (Å²) in [5.41, 5.74) is 3.48. The number of hydrogen-bond acceptors (Lipinski definition) is 4. The summed E-state index contributed by atoms with van der Waals surface area (Å²) >= 11 is 3.37. The van der Waals surface area contributed by atoms with Crippen LogP contribution in [-0.2, 0) is 11.2 Å². The van der Waals surface area contributed by atoms with E-state index >= 15 is 0 Å². The monoisotopic (exact) mass is 508 g/mol. The van der Waals surface area contributed by atoms with Crippen molar-refractivity contribution in [3.63, 3.8) is 0 Å². The zero-order valence-corrected chi connectivity index (χ0v) is 19.2. The summed E-state index contributed by atoms with van der Waals surface area (Å²) in [7, 11) is 0. The van der Waals surface area contributed by atoms with E-state index in [1.807, 2.05) is 36.0 Å². The van der Waals surface area contributed by atoms with Gasteiger partial charge in [-0.25, -0.2) is 4.68 Å². The van der Waals surface area contributed by atoms with E-state index in [0.29, 0.717) is 12.1 Å². The van der Waals surface area contributed by atoms with Gasteiger partial charge in [-0.15, -0.1) is 0 Å². The number of halogens is 4. The number of nitrogens with zero attached hydrogens (tertiary/aromatic N) is 4. The van der Waals surface area contributed by atoms with Crippen LogP contribution < -0.4 is 0 Å². The maximum absolute atomic E-state index is 13.5. The van der Waals surface area contributed by atoms with Gasteiger partial charge in [0.05, 0.1) is 30.0 Å². The molecule has 9 heteroatoms. The van der Waals surface area contributed by atoms with Gasteiger partial charge in [0.25, 0.3) is 0 Å². The van der Waals surface area contributed by atoms with Gasteiger partial charge in [-0.1, -0.05) is 6.07 Å². The second-order valence-electron chi connectivity index (χ2n) is 8.62. The number of pyridine rings is 1. The lowest BCUT2D eigenvalue weighted by Crippen LogP contribution is -2.47. The molecule has 32 heavy (non-hydrogen) atoms. The second-order valence-corrected chi connectivity index (χ2v) is 9.54. The maximum Gasteiger partial charge on any atom is 0.401 e. The Morgan fingerprint density at radius 2 is 2.00 bits per heavy atom. The fourth-order valence-corrected chi connectivity index (χ4v) is 5.24. The van der Waals surface area contributed by atoms with Crippen molar-refractivity contribution in [2.24, 2.45) is 0 Å². The number of aromatic nitrogens is 3. The number of alkyl halides is 3. The molecule has 0 radical (unpaired) electrons. The molecule has 0 amide bonds. The van der Waals surface area contributed by atoms with E-state index in [4.69, 9.17) is 4.74 Å². The van der Waals surface area contributed by atoms with E-state index in [0.717, 1.165) is 52.4 Å². The van der Waals surface area contributed by atoms with Crippen molar-refractivity contribution in [1.82, 2.24) is 19.7 Å². The summed E-state index contributed by atoms with van der Waals surface area (Å²) in [6.45, 7) is 1.59. The molecule has 2 aliphatic heterocycles. The Labute approximate surface area is 192 Å². The molecule has 170 valence electrons. The molecule has 1 unspecified atom stereocenters. The highest BCUT2D eigenvalue weighted by molar-refractivity contribution is 9.10. The van der Waals surface area contributed by atoms with Gasteiger partial charge in [0, 0.05) is 28.7 Å². The van der Waals surface area contributed by atoms with Crippen molar-refractivity contribution in [3.8, 4) is 0 Å². The largest absolute Gasteiger partial charge is 0.401 e. The van der Waals surface area contributed by atoms with Gasteiger partial charge in [-0.3, -0.25) is 9.88 Å². The third-order valence-electron chi connectivity index (χ3n) is 6.44. The predicted octanol–water partition coefficient (Wildman–Crippen LogP) is 5.79. The molecule has 1 aromatic carbocycles. The highest BCUT2D eigenvalue weighted by Gasteiger charge is 2.41. The molecule has 1 fully saturated rings. The predicted molar refractivity (Wildman–Crippen MR) is 118 cm³/mol. The molecular formula is C23H24BrF3N4O. The lowest BCUT2D eigenvalue weighted by molar-refractivity contribution is -0.155. The van der Waals surface area contributed by atoms with E-state index in [9.17, 15) is 13.2 Å². The molecule has 5 nitrogen and oxygen atoms in total. The van der Waals surface area contributed by atoms with Crippen LogP contribution >= 0.6 is 15.9 Å². The van der Waals surface area contributed by atoms with Crippen LogP contribution in [0.1, 0.15) is 55.3 Å². The lowest BCUT2D eigenvalue weighted by Gasteiger charge is -2.42. The van der Waals surface area contributed by atoms with Crippen molar-refractivity contribution >= 4 is 26.8 Å². The van der Waals surface area contributed by atoms with Gasteiger partial charge >= 0.3 is 6.18 Å².